The molecule has 29 heavy (non-hydrogen) atoms. The smallest absolute Gasteiger partial charge is 0.413 e. The Hall–Kier alpha value is -2.78. The number of aliphatic hydroxyl groups excluding tert-OH is 1. The van der Waals surface area contributed by atoms with Gasteiger partial charge in [-0.1, -0.05) is 11.3 Å². The van der Waals surface area contributed by atoms with E-state index < -0.39 is 6.09 Å². The monoisotopic (exact) mass is 415 g/mol. The summed E-state index contributed by atoms with van der Waals surface area (Å²) in [5, 5.41) is 13.6. The normalized spacial score (nSPS) is 18.4. The molecule has 2 aromatic rings. The summed E-state index contributed by atoms with van der Waals surface area (Å²) in [7, 11) is 0. The fraction of sp³-hybridized carbons (Fsp3) is 0.400. The topological polar surface area (TPSA) is 111 Å². The van der Waals surface area contributed by atoms with E-state index in [2.05, 4.69) is 15.3 Å². The van der Waals surface area contributed by atoms with Crippen molar-refractivity contribution in [2.75, 3.05) is 25.1 Å². The maximum Gasteiger partial charge on any atom is 0.413 e. The Morgan fingerprint density at radius 1 is 1.38 bits per heavy atom. The van der Waals surface area contributed by atoms with E-state index in [1.54, 1.807) is 12.1 Å². The maximum absolute atomic E-state index is 12.8. The second kappa shape index (κ2) is 8.30. The lowest BCUT2D eigenvalue weighted by atomic mass is 9.93. The number of hydrogen-bond acceptors (Lipinski definition) is 8. The van der Waals surface area contributed by atoms with Crippen molar-refractivity contribution in [3.05, 3.63) is 45.7 Å². The lowest BCUT2D eigenvalue weighted by Crippen LogP contribution is -2.18. The van der Waals surface area contributed by atoms with Crippen LogP contribution in [0.4, 0.5) is 9.93 Å². The lowest BCUT2D eigenvalue weighted by molar-refractivity contribution is 0.102. The highest BCUT2D eigenvalue weighted by Crippen LogP contribution is 2.37. The molecule has 1 aliphatic heterocycles. The van der Waals surface area contributed by atoms with Crippen molar-refractivity contribution in [2.45, 2.75) is 26.2 Å². The van der Waals surface area contributed by atoms with Crippen LogP contribution in [-0.4, -0.2) is 46.8 Å². The number of Topliss-reactive ketones (excluding diaryl/α,β-unsaturated/α-hetero) is 1. The first-order chi connectivity index (χ1) is 14.0. The number of nitrogens with zero attached hydrogens (tertiary/aromatic N) is 2. The first kappa shape index (κ1) is 19.5. The van der Waals surface area contributed by atoms with Gasteiger partial charge in [-0.25, -0.2) is 9.78 Å². The molecule has 9 heteroatoms. The minimum Gasteiger partial charge on any atom is -0.506 e. The number of anilines is 1. The number of thiazole rings is 1. The van der Waals surface area contributed by atoms with Crippen LogP contribution in [0, 0.1) is 12.8 Å². The number of rotatable bonds is 5. The predicted molar refractivity (Wildman–Crippen MR) is 107 cm³/mol. The van der Waals surface area contributed by atoms with E-state index in [4.69, 9.17) is 9.47 Å². The van der Waals surface area contributed by atoms with Crippen LogP contribution in [0.5, 0.6) is 0 Å². The van der Waals surface area contributed by atoms with Gasteiger partial charge in [-0.15, -0.1) is 0 Å². The molecule has 1 saturated heterocycles. The van der Waals surface area contributed by atoms with E-state index in [1.165, 1.54) is 6.20 Å². The number of allylic oxidation sites excluding steroid dienone is 1. The van der Waals surface area contributed by atoms with Crippen LogP contribution in [0.1, 0.15) is 39.5 Å². The molecule has 0 saturated carbocycles. The number of amides is 1. The Bertz CT molecular complexity index is 961. The first-order valence-corrected chi connectivity index (χ1v) is 10.2. The van der Waals surface area contributed by atoms with Crippen molar-refractivity contribution in [2.24, 2.45) is 5.92 Å². The molecule has 0 radical (unpaired) electrons. The molecule has 0 aromatic carbocycles. The molecule has 152 valence electrons. The third-order valence-electron chi connectivity index (χ3n) is 4.94. The van der Waals surface area contributed by atoms with Gasteiger partial charge in [-0.05, 0) is 38.3 Å². The predicted octanol–water partition coefficient (Wildman–Crippen LogP) is 3.53. The van der Waals surface area contributed by atoms with Gasteiger partial charge in [0, 0.05) is 35.6 Å². The second-order valence-electron chi connectivity index (χ2n) is 7.09. The first-order valence-electron chi connectivity index (χ1n) is 9.42. The zero-order chi connectivity index (χ0) is 20.4. The fourth-order valence-corrected chi connectivity index (χ4v) is 4.26. The zero-order valence-electron chi connectivity index (χ0n) is 15.9. The molecule has 1 aliphatic carbocycles. The highest BCUT2D eigenvalue weighted by Gasteiger charge is 2.28. The fourth-order valence-electron chi connectivity index (χ4n) is 3.29. The Morgan fingerprint density at radius 3 is 2.97 bits per heavy atom. The number of ether oxygens (including phenoxy) is 2. The number of nitrogens with one attached hydrogen (secondary N) is 1. The summed E-state index contributed by atoms with van der Waals surface area (Å²) < 4.78 is 10.5. The van der Waals surface area contributed by atoms with Crippen LogP contribution >= 0.6 is 11.3 Å². The van der Waals surface area contributed by atoms with Crippen molar-refractivity contribution in [3.63, 3.8) is 0 Å². The quantitative estimate of drug-likeness (QED) is 0.719. The van der Waals surface area contributed by atoms with Crippen molar-refractivity contribution >= 4 is 34.1 Å². The molecule has 1 atom stereocenters. The molecular formula is C20H21N3O5S. The molecule has 2 aliphatic rings. The summed E-state index contributed by atoms with van der Waals surface area (Å²) in [6.07, 6.45) is 2.69. The summed E-state index contributed by atoms with van der Waals surface area (Å²) >= 11 is 1.13. The number of ketones is 1. The van der Waals surface area contributed by atoms with Crippen LogP contribution in [-0.2, 0) is 15.9 Å². The molecule has 2 N–H and O–H groups in total. The van der Waals surface area contributed by atoms with Gasteiger partial charge in [0.1, 0.15) is 5.76 Å². The molecule has 1 fully saturated rings. The van der Waals surface area contributed by atoms with Gasteiger partial charge in [0.2, 0.25) is 0 Å². The standard InChI is InChI=1S/C20H21N3O5S/c1-11-2-3-13(8-21-11)16(24)14-4-5-15-18(17(14)25)29-19(22-15)23-20(26)28-10-12-6-7-27-9-12/h2-3,8,12,25H,4-7,9-10H2,1H3,(H,22,23,26). The lowest BCUT2D eigenvalue weighted by Gasteiger charge is -2.14. The van der Waals surface area contributed by atoms with Crippen LogP contribution in [0.3, 0.4) is 0 Å². The van der Waals surface area contributed by atoms with Gasteiger partial charge in [0.15, 0.2) is 10.9 Å². The van der Waals surface area contributed by atoms with Gasteiger partial charge in [0.05, 0.1) is 23.8 Å². The Labute approximate surface area is 171 Å². The van der Waals surface area contributed by atoms with Gasteiger partial charge in [-0.3, -0.25) is 15.1 Å². The largest absolute Gasteiger partial charge is 0.506 e. The summed E-state index contributed by atoms with van der Waals surface area (Å²) in [5.74, 6) is -0.109. The zero-order valence-corrected chi connectivity index (χ0v) is 16.8. The van der Waals surface area contributed by atoms with E-state index in [0.29, 0.717) is 59.5 Å². The third-order valence-corrected chi connectivity index (χ3v) is 5.96. The van der Waals surface area contributed by atoms with E-state index in [9.17, 15) is 14.7 Å². The van der Waals surface area contributed by atoms with E-state index in [0.717, 1.165) is 23.5 Å². The number of aromatic nitrogens is 2. The highest BCUT2D eigenvalue weighted by atomic mass is 32.1. The Kier molecular flexibility index (Phi) is 5.59. The molecule has 3 heterocycles. The number of hydrogen-bond donors (Lipinski definition) is 2. The number of carbonyl (C=O) groups excluding carboxylic acids is 2. The van der Waals surface area contributed by atoms with Crippen molar-refractivity contribution in [1.29, 1.82) is 0 Å². The maximum atomic E-state index is 12.8. The molecule has 0 spiro atoms. The van der Waals surface area contributed by atoms with Gasteiger partial charge < -0.3 is 14.6 Å². The van der Waals surface area contributed by atoms with Gasteiger partial charge in [0.25, 0.3) is 0 Å². The SMILES string of the molecule is Cc1ccc(C(=O)C2=C(O)c3sc(NC(=O)OCC4CCOC4)nc3CC2)cn1. The number of fused-ring (bicyclic) bond motifs is 1. The molecule has 0 bridgehead atoms. The molecule has 1 unspecified atom stereocenters. The average molecular weight is 415 g/mol. The van der Waals surface area contributed by atoms with Gasteiger partial charge >= 0.3 is 6.09 Å². The van der Waals surface area contributed by atoms with Crippen molar-refractivity contribution in [3.8, 4) is 0 Å². The third kappa shape index (κ3) is 4.30. The number of aryl methyl sites for hydroxylation is 2. The Balaban J connectivity index is 1.45. The molecule has 4 rings (SSSR count). The van der Waals surface area contributed by atoms with Crippen molar-refractivity contribution < 1.29 is 24.2 Å². The average Bonchev–Trinajstić information content (AvgIpc) is 3.36. The summed E-state index contributed by atoms with van der Waals surface area (Å²) in [6, 6.07) is 3.46. The van der Waals surface area contributed by atoms with Crippen LogP contribution < -0.4 is 5.32 Å². The van der Waals surface area contributed by atoms with E-state index in [1.807, 2.05) is 6.92 Å². The van der Waals surface area contributed by atoms with Crippen LogP contribution in [0.2, 0.25) is 0 Å². The Morgan fingerprint density at radius 2 is 2.24 bits per heavy atom. The summed E-state index contributed by atoms with van der Waals surface area (Å²) in [4.78, 5) is 33.8. The molecular weight excluding hydrogens is 394 g/mol. The van der Waals surface area contributed by atoms with E-state index in [-0.39, 0.29) is 17.5 Å². The van der Waals surface area contributed by atoms with Crippen LogP contribution in [0.15, 0.2) is 23.9 Å². The summed E-state index contributed by atoms with van der Waals surface area (Å²) in [5.41, 5.74) is 2.24. The highest BCUT2D eigenvalue weighted by molar-refractivity contribution is 7.16. The molecule has 8 nitrogen and oxygen atoms in total. The minimum absolute atomic E-state index is 0.0844. The second-order valence-corrected chi connectivity index (χ2v) is 8.09. The van der Waals surface area contributed by atoms with Gasteiger partial charge in [-0.2, -0.15) is 0 Å². The van der Waals surface area contributed by atoms with E-state index >= 15 is 0 Å². The van der Waals surface area contributed by atoms with Crippen LogP contribution in [0.25, 0.3) is 5.76 Å². The summed E-state index contributed by atoms with van der Waals surface area (Å²) in [6.45, 7) is 3.44. The minimum atomic E-state index is -0.589. The molecule has 2 aromatic heterocycles. The number of aliphatic hydroxyl groups is 1. The molecule has 1 amide bonds. The number of carbonyl (C=O) groups is 2. The van der Waals surface area contributed by atoms with Crippen molar-refractivity contribution in [1.82, 2.24) is 9.97 Å². The number of pyridine rings is 1.